The van der Waals surface area contributed by atoms with Crippen molar-refractivity contribution in [1.29, 1.82) is 0 Å². The molecule has 1 rings (SSSR count). The lowest BCUT2D eigenvalue weighted by Gasteiger charge is -2.41. The second kappa shape index (κ2) is 4.94. The Hall–Kier alpha value is -0.610. The highest BCUT2D eigenvalue weighted by Gasteiger charge is 2.32. The number of nitrogens with two attached hydrogens (primary N) is 1. The van der Waals surface area contributed by atoms with Gasteiger partial charge in [-0.15, -0.1) is 0 Å². The summed E-state index contributed by atoms with van der Waals surface area (Å²) in [6.45, 7) is 8.54. The molecule has 88 valence electrons. The maximum atomic E-state index is 11.6. The molecule has 1 heterocycles. The molecule has 4 heteroatoms. The Morgan fingerprint density at radius 1 is 1.60 bits per heavy atom. The van der Waals surface area contributed by atoms with Crippen LogP contribution in [0.25, 0.3) is 0 Å². The average Bonchev–Trinajstić information content (AvgIpc) is 2.17. The standard InChI is InChI=1S/C11H23N3O/c1-4-9(10(15)13-12)14-7-5-6-11(2,3)8-14/h9H,4-8,12H2,1-3H3,(H,13,15). The van der Waals surface area contributed by atoms with Crippen molar-refractivity contribution in [3.8, 4) is 0 Å². The van der Waals surface area contributed by atoms with Gasteiger partial charge in [0, 0.05) is 6.54 Å². The highest BCUT2D eigenvalue weighted by Crippen LogP contribution is 2.29. The van der Waals surface area contributed by atoms with Crippen molar-refractivity contribution in [3.05, 3.63) is 0 Å². The second-order valence-corrected chi connectivity index (χ2v) is 5.17. The summed E-state index contributed by atoms with van der Waals surface area (Å²) in [4.78, 5) is 13.8. The number of nitrogens with one attached hydrogen (secondary N) is 1. The van der Waals surface area contributed by atoms with Crippen molar-refractivity contribution in [2.45, 2.75) is 46.1 Å². The van der Waals surface area contributed by atoms with Crippen molar-refractivity contribution < 1.29 is 4.79 Å². The number of rotatable bonds is 3. The molecule has 4 nitrogen and oxygen atoms in total. The van der Waals surface area contributed by atoms with Gasteiger partial charge in [0.2, 0.25) is 0 Å². The Morgan fingerprint density at radius 2 is 2.27 bits per heavy atom. The van der Waals surface area contributed by atoms with Crippen molar-refractivity contribution in [2.75, 3.05) is 13.1 Å². The Morgan fingerprint density at radius 3 is 2.73 bits per heavy atom. The molecule has 3 N–H and O–H groups in total. The van der Waals surface area contributed by atoms with Crippen molar-refractivity contribution >= 4 is 5.91 Å². The lowest BCUT2D eigenvalue weighted by molar-refractivity contribution is -0.127. The van der Waals surface area contributed by atoms with Crippen LogP contribution in [-0.4, -0.2) is 29.9 Å². The molecule has 0 bridgehead atoms. The van der Waals surface area contributed by atoms with E-state index in [2.05, 4.69) is 24.2 Å². The van der Waals surface area contributed by atoms with Gasteiger partial charge in [-0.3, -0.25) is 15.1 Å². The first-order valence-electron chi connectivity index (χ1n) is 5.74. The minimum absolute atomic E-state index is 0.0600. The molecule has 1 aliphatic heterocycles. The van der Waals surface area contributed by atoms with Gasteiger partial charge >= 0.3 is 0 Å². The highest BCUT2D eigenvalue weighted by molar-refractivity contribution is 5.81. The molecule has 0 aromatic carbocycles. The van der Waals surface area contributed by atoms with E-state index in [1.165, 1.54) is 12.8 Å². The number of hydrazine groups is 1. The zero-order valence-electron chi connectivity index (χ0n) is 10.0. The summed E-state index contributed by atoms with van der Waals surface area (Å²) in [5, 5.41) is 0. The fraction of sp³-hybridized carbons (Fsp3) is 0.909. The monoisotopic (exact) mass is 213 g/mol. The van der Waals surface area contributed by atoms with Gasteiger partial charge in [0.25, 0.3) is 5.91 Å². The van der Waals surface area contributed by atoms with Gasteiger partial charge in [-0.2, -0.15) is 0 Å². The smallest absolute Gasteiger partial charge is 0.251 e. The van der Waals surface area contributed by atoms with E-state index in [9.17, 15) is 4.79 Å². The molecule has 1 unspecified atom stereocenters. The molecule has 1 saturated heterocycles. The first-order valence-corrected chi connectivity index (χ1v) is 5.74. The van der Waals surface area contributed by atoms with E-state index in [1.807, 2.05) is 6.92 Å². The van der Waals surface area contributed by atoms with Crippen molar-refractivity contribution in [2.24, 2.45) is 11.3 Å². The number of carbonyl (C=O) groups excluding carboxylic acids is 1. The van der Waals surface area contributed by atoms with Crippen molar-refractivity contribution in [3.63, 3.8) is 0 Å². The third kappa shape index (κ3) is 3.18. The molecule has 0 aromatic heterocycles. The molecular formula is C11H23N3O. The van der Waals surface area contributed by atoms with E-state index < -0.39 is 0 Å². The normalized spacial score (nSPS) is 23.5. The third-order valence-corrected chi connectivity index (χ3v) is 3.20. The van der Waals surface area contributed by atoms with Crippen LogP contribution in [0.15, 0.2) is 0 Å². The van der Waals surface area contributed by atoms with Crippen LogP contribution in [0.2, 0.25) is 0 Å². The second-order valence-electron chi connectivity index (χ2n) is 5.17. The summed E-state index contributed by atoms with van der Waals surface area (Å²) in [6.07, 6.45) is 3.23. The Kier molecular flexibility index (Phi) is 4.11. The lowest BCUT2D eigenvalue weighted by Crippen LogP contribution is -2.53. The fourth-order valence-corrected chi connectivity index (χ4v) is 2.44. The van der Waals surface area contributed by atoms with Crippen LogP contribution in [0.5, 0.6) is 0 Å². The molecule has 0 aromatic rings. The minimum atomic E-state index is -0.0606. The largest absolute Gasteiger partial charge is 0.293 e. The van der Waals surface area contributed by atoms with E-state index in [1.54, 1.807) is 0 Å². The molecule has 1 fully saturated rings. The summed E-state index contributed by atoms with van der Waals surface area (Å²) in [5.41, 5.74) is 2.58. The fourth-order valence-electron chi connectivity index (χ4n) is 2.44. The summed E-state index contributed by atoms with van der Waals surface area (Å²) < 4.78 is 0. The van der Waals surface area contributed by atoms with Crippen molar-refractivity contribution in [1.82, 2.24) is 10.3 Å². The average molecular weight is 213 g/mol. The van der Waals surface area contributed by atoms with Crippen LogP contribution in [-0.2, 0) is 4.79 Å². The van der Waals surface area contributed by atoms with E-state index >= 15 is 0 Å². The number of carbonyl (C=O) groups is 1. The zero-order chi connectivity index (χ0) is 11.5. The maximum absolute atomic E-state index is 11.6. The van der Waals surface area contributed by atoms with Gasteiger partial charge < -0.3 is 0 Å². The number of likely N-dealkylation sites (tertiary alicyclic amines) is 1. The summed E-state index contributed by atoms with van der Waals surface area (Å²) in [5.74, 6) is 5.14. The summed E-state index contributed by atoms with van der Waals surface area (Å²) >= 11 is 0. The summed E-state index contributed by atoms with van der Waals surface area (Å²) in [6, 6.07) is -0.0606. The minimum Gasteiger partial charge on any atom is -0.293 e. The number of amides is 1. The van der Waals surface area contributed by atoms with E-state index in [0.29, 0.717) is 5.41 Å². The number of piperidine rings is 1. The van der Waals surface area contributed by atoms with Crippen LogP contribution in [0.1, 0.15) is 40.0 Å². The van der Waals surface area contributed by atoms with Gasteiger partial charge in [-0.1, -0.05) is 20.8 Å². The van der Waals surface area contributed by atoms with Crippen LogP contribution >= 0.6 is 0 Å². The van der Waals surface area contributed by atoms with Crippen LogP contribution in [0.4, 0.5) is 0 Å². The van der Waals surface area contributed by atoms with E-state index in [4.69, 9.17) is 5.84 Å². The van der Waals surface area contributed by atoms with E-state index in [0.717, 1.165) is 19.5 Å². The maximum Gasteiger partial charge on any atom is 0.251 e. The molecule has 1 amide bonds. The molecule has 0 aliphatic carbocycles. The van der Waals surface area contributed by atoms with Gasteiger partial charge in [-0.05, 0) is 31.2 Å². The molecule has 0 saturated carbocycles. The summed E-state index contributed by atoms with van der Waals surface area (Å²) in [7, 11) is 0. The lowest BCUT2D eigenvalue weighted by atomic mass is 9.83. The van der Waals surface area contributed by atoms with E-state index in [-0.39, 0.29) is 11.9 Å². The number of hydrogen-bond acceptors (Lipinski definition) is 3. The van der Waals surface area contributed by atoms with Crippen LogP contribution in [0.3, 0.4) is 0 Å². The predicted octanol–water partition coefficient (Wildman–Crippen LogP) is 0.877. The number of hydrogen-bond donors (Lipinski definition) is 2. The third-order valence-electron chi connectivity index (χ3n) is 3.20. The molecule has 15 heavy (non-hydrogen) atoms. The molecule has 1 aliphatic rings. The molecule has 0 radical (unpaired) electrons. The van der Waals surface area contributed by atoms with Gasteiger partial charge in [0.05, 0.1) is 6.04 Å². The van der Waals surface area contributed by atoms with Crippen LogP contribution < -0.4 is 11.3 Å². The van der Waals surface area contributed by atoms with Crippen LogP contribution in [0, 0.1) is 5.41 Å². The topological polar surface area (TPSA) is 58.4 Å². The first kappa shape index (κ1) is 12.5. The molecular weight excluding hydrogens is 190 g/mol. The Balaban J connectivity index is 2.64. The quantitative estimate of drug-likeness (QED) is 0.415. The SMILES string of the molecule is CCC(C(=O)NN)N1CCCC(C)(C)C1. The Labute approximate surface area is 92.2 Å². The zero-order valence-corrected chi connectivity index (χ0v) is 10.0. The number of nitrogens with zero attached hydrogens (tertiary/aromatic N) is 1. The van der Waals surface area contributed by atoms with Gasteiger partial charge in [0.15, 0.2) is 0 Å². The Bertz CT molecular complexity index is 228. The highest BCUT2D eigenvalue weighted by atomic mass is 16.2. The predicted molar refractivity (Wildman–Crippen MR) is 61.0 cm³/mol. The molecule has 0 spiro atoms. The van der Waals surface area contributed by atoms with Gasteiger partial charge in [0.1, 0.15) is 0 Å². The van der Waals surface area contributed by atoms with Gasteiger partial charge in [-0.25, -0.2) is 5.84 Å². The first-order chi connectivity index (χ1) is 7.00. The molecule has 1 atom stereocenters.